The number of hydrogen-bond donors (Lipinski definition) is 1. The molecule has 4 nitrogen and oxygen atoms in total. The minimum atomic E-state index is 0.485. The lowest BCUT2D eigenvalue weighted by Crippen LogP contribution is -2.33. The fourth-order valence-electron chi connectivity index (χ4n) is 2.53. The van der Waals surface area contributed by atoms with Crippen molar-refractivity contribution in [2.24, 2.45) is 0 Å². The zero-order chi connectivity index (χ0) is 14.0. The van der Waals surface area contributed by atoms with E-state index in [0.717, 1.165) is 58.5 Å². The molecule has 1 aromatic heterocycles. The summed E-state index contributed by atoms with van der Waals surface area (Å²) in [7, 11) is 2.19. The predicted octanol–water partition coefficient (Wildman–Crippen LogP) is 1.71. The standard InChI is InChI=1S/C16H27N3O/c1-19(13-7-15-3-8-17-9-4-15)12-2-14-20-16-5-10-18-11-6-16/h3-4,8-9,16,18H,2,5-7,10-14H2,1H3. The quantitative estimate of drug-likeness (QED) is 0.734. The number of rotatable bonds is 8. The Kier molecular flexibility index (Phi) is 6.98. The van der Waals surface area contributed by atoms with Gasteiger partial charge in [0.05, 0.1) is 6.10 Å². The lowest BCUT2D eigenvalue weighted by Gasteiger charge is -2.23. The molecule has 2 heterocycles. The van der Waals surface area contributed by atoms with Gasteiger partial charge in [0.15, 0.2) is 0 Å². The van der Waals surface area contributed by atoms with E-state index < -0.39 is 0 Å². The molecule has 0 amide bonds. The Bertz CT molecular complexity index is 352. The number of piperidine rings is 1. The zero-order valence-electron chi connectivity index (χ0n) is 12.6. The fourth-order valence-corrected chi connectivity index (χ4v) is 2.53. The zero-order valence-corrected chi connectivity index (χ0v) is 12.6. The van der Waals surface area contributed by atoms with Gasteiger partial charge in [-0.3, -0.25) is 4.98 Å². The molecule has 0 unspecified atom stereocenters. The smallest absolute Gasteiger partial charge is 0.0599 e. The SMILES string of the molecule is CN(CCCOC1CCNCC1)CCc1ccncc1. The van der Waals surface area contributed by atoms with Crippen LogP contribution in [0.15, 0.2) is 24.5 Å². The average molecular weight is 277 g/mol. The van der Waals surface area contributed by atoms with Gasteiger partial charge < -0.3 is 15.0 Å². The second-order valence-electron chi connectivity index (χ2n) is 5.58. The molecule has 1 aliphatic rings. The Morgan fingerprint density at radius 1 is 1.25 bits per heavy atom. The number of nitrogens with one attached hydrogen (secondary N) is 1. The number of hydrogen-bond acceptors (Lipinski definition) is 4. The summed E-state index contributed by atoms with van der Waals surface area (Å²) in [5, 5.41) is 3.36. The molecular formula is C16H27N3O. The van der Waals surface area contributed by atoms with Crippen molar-refractivity contribution in [2.45, 2.75) is 31.8 Å². The molecule has 1 N–H and O–H groups in total. The van der Waals surface area contributed by atoms with Crippen molar-refractivity contribution in [1.29, 1.82) is 0 Å². The third kappa shape index (κ3) is 5.99. The van der Waals surface area contributed by atoms with Crippen molar-refractivity contribution in [2.75, 3.05) is 39.8 Å². The van der Waals surface area contributed by atoms with Gasteiger partial charge in [-0.25, -0.2) is 0 Å². The van der Waals surface area contributed by atoms with E-state index >= 15 is 0 Å². The lowest BCUT2D eigenvalue weighted by molar-refractivity contribution is 0.0287. The van der Waals surface area contributed by atoms with Gasteiger partial charge >= 0.3 is 0 Å². The maximum absolute atomic E-state index is 5.92. The van der Waals surface area contributed by atoms with Crippen LogP contribution in [0.25, 0.3) is 0 Å². The van der Waals surface area contributed by atoms with E-state index in [-0.39, 0.29) is 0 Å². The van der Waals surface area contributed by atoms with Crippen LogP contribution >= 0.6 is 0 Å². The maximum Gasteiger partial charge on any atom is 0.0599 e. The van der Waals surface area contributed by atoms with E-state index in [9.17, 15) is 0 Å². The normalized spacial score (nSPS) is 16.7. The van der Waals surface area contributed by atoms with E-state index in [2.05, 4.69) is 34.4 Å². The summed E-state index contributed by atoms with van der Waals surface area (Å²) in [6.07, 6.45) is 8.75. The van der Waals surface area contributed by atoms with Crippen LogP contribution in [0.2, 0.25) is 0 Å². The molecule has 0 atom stereocenters. The Labute approximate surface area is 122 Å². The summed E-state index contributed by atoms with van der Waals surface area (Å²) in [4.78, 5) is 6.42. The van der Waals surface area contributed by atoms with Crippen LogP contribution in [0.3, 0.4) is 0 Å². The van der Waals surface area contributed by atoms with Crippen molar-refractivity contribution in [3.63, 3.8) is 0 Å². The molecular weight excluding hydrogens is 250 g/mol. The van der Waals surface area contributed by atoms with Gasteiger partial charge in [-0.1, -0.05) is 0 Å². The molecule has 2 rings (SSSR count). The highest BCUT2D eigenvalue weighted by Gasteiger charge is 2.12. The van der Waals surface area contributed by atoms with Gasteiger partial charge in [-0.15, -0.1) is 0 Å². The first-order chi connectivity index (χ1) is 9.84. The van der Waals surface area contributed by atoms with Crippen molar-refractivity contribution in [3.05, 3.63) is 30.1 Å². The molecule has 0 spiro atoms. The van der Waals surface area contributed by atoms with Crippen LogP contribution in [-0.4, -0.2) is 55.8 Å². The van der Waals surface area contributed by atoms with Crippen molar-refractivity contribution in [1.82, 2.24) is 15.2 Å². The first-order valence-corrected chi connectivity index (χ1v) is 7.74. The first kappa shape index (κ1) is 15.4. The summed E-state index contributed by atoms with van der Waals surface area (Å²) in [6.45, 7) is 5.31. The first-order valence-electron chi connectivity index (χ1n) is 7.74. The minimum absolute atomic E-state index is 0.485. The molecule has 0 aromatic carbocycles. The van der Waals surface area contributed by atoms with Gasteiger partial charge in [0.2, 0.25) is 0 Å². The summed E-state index contributed by atoms with van der Waals surface area (Å²) < 4.78 is 5.92. The highest BCUT2D eigenvalue weighted by atomic mass is 16.5. The number of pyridine rings is 1. The summed E-state index contributed by atoms with van der Waals surface area (Å²) in [6, 6.07) is 4.18. The van der Waals surface area contributed by atoms with Crippen LogP contribution in [-0.2, 0) is 11.2 Å². The third-order valence-electron chi connectivity index (χ3n) is 3.86. The molecule has 1 saturated heterocycles. The van der Waals surface area contributed by atoms with Gasteiger partial charge in [-0.2, -0.15) is 0 Å². The van der Waals surface area contributed by atoms with Gasteiger partial charge in [0.25, 0.3) is 0 Å². The summed E-state index contributed by atoms with van der Waals surface area (Å²) in [5.74, 6) is 0. The predicted molar refractivity (Wildman–Crippen MR) is 81.9 cm³/mol. The van der Waals surface area contributed by atoms with Gasteiger partial charge in [-0.05, 0) is 63.5 Å². The monoisotopic (exact) mass is 277 g/mol. The van der Waals surface area contributed by atoms with E-state index in [1.807, 2.05) is 12.4 Å². The van der Waals surface area contributed by atoms with Crippen molar-refractivity contribution < 1.29 is 4.74 Å². The minimum Gasteiger partial charge on any atom is -0.378 e. The van der Waals surface area contributed by atoms with E-state index in [0.29, 0.717) is 6.10 Å². The van der Waals surface area contributed by atoms with Crippen LogP contribution in [0.5, 0.6) is 0 Å². The highest BCUT2D eigenvalue weighted by Crippen LogP contribution is 2.07. The van der Waals surface area contributed by atoms with Gasteiger partial charge in [0.1, 0.15) is 0 Å². The van der Waals surface area contributed by atoms with Crippen LogP contribution in [0, 0.1) is 0 Å². The largest absolute Gasteiger partial charge is 0.378 e. The molecule has 1 aromatic rings. The summed E-state index contributed by atoms with van der Waals surface area (Å²) >= 11 is 0. The molecule has 1 aliphatic heterocycles. The molecule has 4 heteroatoms. The van der Waals surface area contributed by atoms with Crippen LogP contribution in [0.4, 0.5) is 0 Å². The van der Waals surface area contributed by atoms with Crippen molar-refractivity contribution >= 4 is 0 Å². The van der Waals surface area contributed by atoms with Crippen LogP contribution < -0.4 is 5.32 Å². The Morgan fingerprint density at radius 2 is 2.00 bits per heavy atom. The van der Waals surface area contributed by atoms with E-state index in [1.165, 1.54) is 5.56 Å². The number of nitrogens with zero attached hydrogens (tertiary/aromatic N) is 2. The molecule has 0 aliphatic carbocycles. The van der Waals surface area contributed by atoms with Crippen LogP contribution in [0.1, 0.15) is 24.8 Å². The molecule has 112 valence electrons. The Hall–Kier alpha value is -0.970. The third-order valence-corrected chi connectivity index (χ3v) is 3.86. The molecule has 1 fully saturated rings. The lowest BCUT2D eigenvalue weighted by atomic mass is 10.1. The van der Waals surface area contributed by atoms with E-state index in [4.69, 9.17) is 4.74 Å². The number of likely N-dealkylation sites (N-methyl/N-ethyl adjacent to an activating group) is 1. The summed E-state index contributed by atoms with van der Waals surface area (Å²) in [5.41, 5.74) is 1.36. The molecule has 0 bridgehead atoms. The second-order valence-corrected chi connectivity index (χ2v) is 5.58. The Morgan fingerprint density at radius 3 is 2.75 bits per heavy atom. The number of aromatic nitrogens is 1. The van der Waals surface area contributed by atoms with E-state index in [1.54, 1.807) is 0 Å². The maximum atomic E-state index is 5.92. The van der Waals surface area contributed by atoms with Gasteiger partial charge in [0, 0.05) is 32.1 Å². The Balaban J connectivity index is 1.50. The average Bonchev–Trinajstić information content (AvgIpc) is 2.52. The fraction of sp³-hybridized carbons (Fsp3) is 0.688. The second kappa shape index (κ2) is 9.06. The molecule has 0 radical (unpaired) electrons. The molecule has 0 saturated carbocycles. The topological polar surface area (TPSA) is 37.4 Å². The molecule has 20 heavy (non-hydrogen) atoms. The highest BCUT2D eigenvalue weighted by molar-refractivity contribution is 5.09. The van der Waals surface area contributed by atoms with Crippen molar-refractivity contribution in [3.8, 4) is 0 Å². The number of ether oxygens (including phenoxy) is 1.